The molecular weight excluding hydrogens is 504 g/mol. The first-order chi connectivity index (χ1) is 18.9. The van der Waals surface area contributed by atoms with Gasteiger partial charge in [-0.25, -0.2) is 4.79 Å². The molecule has 4 rings (SSSR count). The zero-order chi connectivity index (χ0) is 27.6. The van der Waals surface area contributed by atoms with Crippen LogP contribution in [0.4, 0.5) is 16.2 Å². The first-order valence-electron chi connectivity index (χ1n) is 13.8. The highest BCUT2D eigenvalue weighted by Crippen LogP contribution is 2.30. The van der Waals surface area contributed by atoms with Crippen molar-refractivity contribution in [3.63, 3.8) is 0 Å². The number of carbonyl (C=O) groups is 2. The van der Waals surface area contributed by atoms with Gasteiger partial charge in [0.05, 0.1) is 11.7 Å². The molecule has 3 N–H and O–H groups in total. The van der Waals surface area contributed by atoms with Crippen LogP contribution in [0, 0.1) is 5.92 Å². The van der Waals surface area contributed by atoms with Crippen LogP contribution < -0.4 is 16.0 Å². The fourth-order valence-electron chi connectivity index (χ4n) is 5.03. The molecule has 0 bridgehead atoms. The number of hydrogen-bond acceptors (Lipinski definition) is 4. The van der Waals surface area contributed by atoms with Gasteiger partial charge >= 0.3 is 6.03 Å². The van der Waals surface area contributed by atoms with Crippen LogP contribution in [0.5, 0.6) is 0 Å². The highest BCUT2D eigenvalue weighted by molar-refractivity contribution is 7.98. The van der Waals surface area contributed by atoms with Gasteiger partial charge in [0, 0.05) is 23.0 Å². The van der Waals surface area contributed by atoms with Crippen molar-refractivity contribution in [2.24, 2.45) is 5.92 Å². The van der Waals surface area contributed by atoms with E-state index in [0.29, 0.717) is 5.92 Å². The highest BCUT2D eigenvalue weighted by atomic mass is 32.2. The van der Waals surface area contributed by atoms with Crippen LogP contribution in [0.25, 0.3) is 0 Å². The first kappa shape index (κ1) is 28.7. The van der Waals surface area contributed by atoms with Crippen molar-refractivity contribution in [2.45, 2.75) is 50.0 Å². The number of carbonyl (C=O) groups excluding carboxylic acids is 2. The Morgan fingerprint density at radius 2 is 1.64 bits per heavy atom. The quantitative estimate of drug-likeness (QED) is 0.237. The number of likely N-dealkylation sites (tertiary alicyclic amines) is 1. The molecular formula is C32H40N4O2S. The molecule has 3 aromatic rings. The number of rotatable bonds is 10. The predicted molar refractivity (Wildman–Crippen MR) is 163 cm³/mol. The SMILES string of the molecule is CSc1ccccc1NC(=O)N[C@@H](CCN1CCC(c2cccc(NC(=O)C(C)C)c2)CC1)c1ccccc1. The van der Waals surface area contributed by atoms with Crippen LogP contribution in [0.2, 0.25) is 0 Å². The third kappa shape index (κ3) is 8.35. The maximum absolute atomic E-state index is 13.0. The number of para-hydroxylation sites is 1. The Morgan fingerprint density at radius 3 is 2.36 bits per heavy atom. The van der Waals surface area contributed by atoms with Crippen molar-refractivity contribution < 1.29 is 9.59 Å². The molecule has 1 aliphatic heterocycles. The number of piperidine rings is 1. The van der Waals surface area contributed by atoms with Crippen LogP contribution in [0.3, 0.4) is 0 Å². The lowest BCUT2D eigenvalue weighted by atomic mass is 9.89. The Labute approximate surface area is 237 Å². The Kier molecular flexibility index (Phi) is 10.5. The second-order valence-corrected chi connectivity index (χ2v) is 11.3. The molecule has 0 radical (unpaired) electrons. The van der Waals surface area contributed by atoms with Gasteiger partial charge in [-0.1, -0.05) is 68.4 Å². The Morgan fingerprint density at radius 1 is 0.923 bits per heavy atom. The van der Waals surface area contributed by atoms with Crippen molar-refractivity contribution in [1.29, 1.82) is 0 Å². The molecule has 3 amide bonds. The number of anilines is 2. The molecule has 0 aromatic heterocycles. The van der Waals surface area contributed by atoms with Crippen LogP contribution in [0.15, 0.2) is 83.8 Å². The lowest BCUT2D eigenvalue weighted by Gasteiger charge is -2.33. The van der Waals surface area contributed by atoms with E-state index < -0.39 is 0 Å². The number of thioether (sulfide) groups is 1. The zero-order valence-electron chi connectivity index (χ0n) is 23.2. The maximum Gasteiger partial charge on any atom is 0.319 e. The summed E-state index contributed by atoms with van der Waals surface area (Å²) in [6.07, 6.45) is 5.01. The van der Waals surface area contributed by atoms with Crippen LogP contribution in [0.1, 0.15) is 56.2 Å². The minimum absolute atomic E-state index is 0.0386. The Bertz CT molecular complexity index is 1230. The standard InChI is InChI=1S/C32H40N4O2S/c1-23(2)31(37)33-27-13-9-12-26(22-27)24-16-19-36(20-17-24)21-18-28(25-10-5-4-6-11-25)34-32(38)35-29-14-7-8-15-30(29)39-3/h4-15,22-24,28H,16-21H2,1-3H3,(H,33,37)(H2,34,35,38)/t28-/m0/s1. The number of nitrogens with zero attached hydrogens (tertiary/aromatic N) is 1. The van der Waals surface area contributed by atoms with E-state index in [0.717, 1.165) is 60.7 Å². The van der Waals surface area contributed by atoms with Gasteiger partial charge in [-0.3, -0.25) is 4.79 Å². The topological polar surface area (TPSA) is 73.5 Å². The molecule has 3 aromatic carbocycles. The largest absolute Gasteiger partial charge is 0.331 e. The van der Waals surface area contributed by atoms with E-state index in [1.54, 1.807) is 11.8 Å². The summed E-state index contributed by atoms with van der Waals surface area (Å²) >= 11 is 1.62. The number of benzene rings is 3. The van der Waals surface area contributed by atoms with Crippen LogP contribution in [-0.4, -0.2) is 42.7 Å². The van der Waals surface area contributed by atoms with E-state index in [2.05, 4.69) is 45.1 Å². The summed E-state index contributed by atoms with van der Waals surface area (Å²) in [4.78, 5) is 28.6. The number of hydrogen-bond donors (Lipinski definition) is 3. The van der Waals surface area contributed by atoms with Gasteiger partial charge in [0.15, 0.2) is 0 Å². The summed E-state index contributed by atoms with van der Waals surface area (Å²) in [6.45, 7) is 6.76. The molecule has 0 unspecified atom stereocenters. The first-order valence-corrected chi connectivity index (χ1v) is 15.0. The number of urea groups is 1. The fraction of sp³-hybridized carbons (Fsp3) is 0.375. The molecule has 7 heteroatoms. The average molecular weight is 545 g/mol. The van der Waals surface area contributed by atoms with Crippen molar-refractivity contribution in [3.8, 4) is 0 Å². The maximum atomic E-state index is 13.0. The summed E-state index contributed by atoms with van der Waals surface area (Å²) in [7, 11) is 0. The van der Waals surface area contributed by atoms with Gasteiger partial charge in [-0.2, -0.15) is 0 Å². The van der Waals surface area contributed by atoms with E-state index in [1.807, 2.05) is 74.7 Å². The molecule has 0 saturated carbocycles. The van der Waals surface area contributed by atoms with E-state index in [1.165, 1.54) is 5.56 Å². The van der Waals surface area contributed by atoms with E-state index in [9.17, 15) is 9.59 Å². The summed E-state index contributed by atoms with van der Waals surface area (Å²) in [5.74, 6) is 0.497. The lowest BCUT2D eigenvalue weighted by molar-refractivity contribution is -0.118. The van der Waals surface area contributed by atoms with Crippen molar-refractivity contribution in [3.05, 3.63) is 90.0 Å². The fourth-order valence-corrected chi connectivity index (χ4v) is 5.58. The van der Waals surface area contributed by atoms with Gasteiger partial charge in [0.1, 0.15) is 0 Å². The molecule has 0 spiro atoms. The van der Waals surface area contributed by atoms with Crippen molar-refractivity contribution in [2.75, 3.05) is 36.5 Å². The smallest absolute Gasteiger partial charge is 0.319 e. The molecule has 206 valence electrons. The molecule has 0 aliphatic carbocycles. The normalized spacial score (nSPS) is 15.1. The lowest BCUT2D eigenvalue weighted by Crippen LogP contribution is -2.38. The summed E-state index contributed by atoms with van der Waals surface area (Å²) in [5.41, 5.74) is 4.11. The summed E-state index contributed by atoms with van der Waals surface area (Å²) in [5, 5.41) is 9.28. The van der Waals surface area contributed by atoms with E-state index >= 15 is 0 Å². The van der Waals surface area contributed by atoms with Crippen LogP contribution >= 0.6 is 11.8 Å². The second-order valence-electron chi connectivity index (χ2n) is 10.4. The van der Waals surface area contributed by atoms with E-state index in [4.69, 9.17) is 0 Å². The Balaban J connectivity index is 1.32. The average Bonchev–Trinajstić information content (AvgIpc) is 2.96. The third-order valence-electron chi connectivity index (χ3n) is 7.33. The molecule has 1 heterocycles. The zero-order valence-corrected chi connectivity index (χ0v) is 24.0. The molecule has 1 fully saturated rings. The summed E-state index contributed by atoms with van der Waals surface area (Å²) < 4.78 is 0. The molecule has 6 nitrogen and oxygen atoms in total. The van der Waals surface area contributed by atoms with Gasteiger partial charge < -0.3 is 20.9 Å². The highest BCUT2D eigenvalue weighted by Gasteiger charge is 2.23. The Hall–Kier alpha value is -3.29. The molecule has 1 aliphatic rings. The van der Waals surface area contributed by atoms with Crippen molar-refractivity contribution in [1.82, 2.24) is 10.2 Å². The summed E-state index contributed by atoms with van der Waals surface area (Å²) in [6, 6.07) is 26.1. The van der Waals surface area contributed by atoms with Gasteiger partial charge in [-0.05, 0) is 79.9 Å². The van der Waals surface area contributed by atoms with E-state index in [-0.39, 0.29) is 23.9 Å². The monoisotopic (exact) mass is 544 g/mol. The molecule has 1 saturated heterocycles. The number of amides is 3. The van der Waals surface area contributed by atoms with Crippen molar-refractivity contribution >= 4 is 35.1 Å². The molecule has 1 atom stereocenters. The van der Waals surface area contributed by atoms with Gasteiger partial charge in [0.2, 0.25) is 5.91 Å². The number of nitrogens with one attached hydrogen (secondary N) is 3. The van der Waals surface area contributed by atoms with Gasteiger partial charge in [0.25, 0.3) is 0 Å². The van der Waals surface area contributed by atoms with Crippen LogP contribution in [-0.2, 0) is 4.79 Å². The third-order valence-corrected chi connectivity index (χ3v) is 8.13. The second kappa shape index (κ2) is 14.2. The predicted octanol–water partition coefficient (Wildman–Crippen LogP) is 7.14. The minimum Gasteiger partial charge on any atom is -0.331 e. The molecule has 39 heavy (non-hydrogen) atoms. The van der Waals surface area contributed by atoms with Gasteiger partial charge in [-0.15, -0.1) is 11.8 Å². The minimum atomic E-state index is -0.187.